The lowest BCUT2D eigenvalue weighted by molar-refractivity contribution is -0.113. The Bertz CT molecular complexity index is 690. The summed E-state index contributed by atoms with van der Waals surface area (Å²) < 4.78 is 13.0. The molecule has 148 valence electrons. The van der Waals surface area contributed by atoms with Gasteiger partial charge in [0, 0.05) is 37.3 Å². The molecule has 27 heavy (non-hydrogen) atoms. The summed E-state index contributed by atoms with van der Waals surface area (Å²) in [5.41, 5.74) is 2.28. The lowest BCUT2D eigenvalue weighted by Crippen LogP contribution is -2.35. The molecule has 0 saturated carbocycles. The SMILES string of the molecule is C/C=C\C(N=C(CC)N(CCC)CCNc1ccc(F)cc1)=C(/C)C(C)=O. The number of allylic oxidation sites excluding steroid dienone is 3. The Balaban J connectivity index is 2.94. The van der Waals surface area contributed by atoms with Crippen molar-refractivity contribution in [2.45, 2.75) is 47.5 Å². The van der Waals surface area contributed by atoms with Crippen LogP contribution in [-0.2, 0) is 4.79 Å². The number of halogens is 1. The minimum Gasteiger partial charge on any atom is -0.383 e. The van der Waals surface area contributed by atoms with E-state index in [4.69, 9.17) is 4.99 Å². The van der Waals surface area contributed by atoms with Crippen molar-refractivity contribution in [1.29, 1.82) is 0 Å². The Morgan fingerprint density at radius 3 is 2.37 bits per heavy atom. The smallest absolute Gasteiger partial charge is 0.157 e. The maximum Gasteiger partial charge on any atom is 0.157 e. The van der Waals surface area contributed by atoms with E-state index in [1.54, 1.807) is 19.1 Å². The maximum absolute atomic E-state index is 13.0. The van der Waals surface area contributed by atoms with Crippen LogP contribution in [0.2, 0.25) is 0 Å². The summed E-state index contributed by atoms with van der Waals surface area (Å²) in [4.78, 5) is 18.8. The molecule has 1 rings (SSSR count). The molecule has 0 radical (unpaired) electrons. The molecule has 0 bridgehead atoms. The Morgan fingerprint density at radius 1 is 1.19 bits per heavy atom. The van der Waals surface area contributed by atoms with Gasteiger partial charge in [-0.15, -0.1) is 0 Å². The molecule has 0 fully saturated rings. The monoisotopic (exact) mass is 373 g/mol. The second-order valence-electron chi connectivity index (χ2n) is 6.37. The van der Waals surface area contributed by atoms with Gasteiger partial charge in [0.1, 0.15) is 11.7 Å². The van der Waals surface area contributed by atoms with E-state index in [-0.39, 0.29) is 11.6 Å². The molecule has 0 unspecified atom stereocenters. The zero-order valence-corrected chi connectivity index (χ0v) is 17.2. The van der Waals surface area contributed by atoms with E-state index in [1.165, 1.54) is 12.1 Å². The van der Waals surface area contributed by atoms with Gasteiger partial charge in [0.15, 0.2) is 5.78 Å². The van der Waals surface area contributed by atoms with Crippen LogP contribution in [0.3, 0.4) is 0 Å². The summed E-state index contributed by atoms with van der Waals surface area (Å²) >= 11 is 0. The second kappa shape index (κ2) is 12.0. The number of rotatable bonds is 10. The Hall–Kier alpha value is -2.43. The van der Waals surface area contributed by atoms with E-state index in [1.807, 2.05) is 26.0 Å². The quantitative estimate of drug-likeness (QED) is 0.265. The summed E-state index contributed by atoms with van der Waals surface area (Å²) in [6.45, 7) is 11.9. The fourth-order valence-corrected chi connectivity index (χ4v) is 2.64. The molecule has 0 heterocycles. The summed E-state index contributed by atoms with van der Waals surface area (Å²) in [5.74, 6) is 0.756. The van der Waals surface area contributed by atoms with Crippen LogP contribution >= 0.6 is 0 Å². The first-order valence-corrected chi connectivity index (χ1v) is 9.59. The summed E-state index contributed by atoms with van der Waals surface area (Å²) in [7, 11) is 0. The number of nitrogens with one attached hydrogen (secondary N) is 1. The summed E-state index contributed by atoms with van der Waals surface area (Å²) in [6.07, 6.45) is 5.57. The van der Waals surface area contributed by atoms with Crippen LogP contribution < -0.4 is 5.32 Å². The highest BCUT2D eigenvalue weighted by Gasteiger charge is 2.11. The van der Waals surface area contributed by atoms with E-state index in [2.05, 4.69) is 24.1 Å². The molecule has 0 aromatic heterocycles. The average Bonchev–Trinajstić information content (AvgIpc) is 2.65. The van der Waals surface area contributed by atoms with Crippen LogP contribution in [0.15, 0.2) is 52.7 Å². The van der Waals surface area contributed by atoms with Crippen molar-refractivity contribution in [1.82, 2.24) is 4.90 Å². The predicted octanol–water partition coefficient (Wildman–Crippen LogP) is 5.20. The minimum atomic E-state index is -0.238. The third kappa shape index (κ3) is 7.77. The highest BCUT2D eigenvalue weighted by molar-refractivity contribution is 5.94. The highest BCUT2D eigenvalue weighted by Crippen LogP contribution is 2.13. The van der Waals surface area contributed by atoms with Crippen molar-refractivity contribution >= 4 is 17.3 Å². The topological polar surface area (TPSA) is 44.7 Å². The van der Waals surface area contributed by atoms with Gasteiger partial charge in [0.25, 0.3) is 0 Å². The molecule has 0 spiro atoms. The lowest BCUT2D eigenvalue weighted by Gasteiger charge is -2.26. The summed E-state index contributed by atoms with van der Waals surface area (Å²) in [5, 5.41) is 3.32. The first kappa shape index (κ1) is 22.6. The normalized spacial score (nSPS) is 12.9. The van der Waals surface area contributed by atoms with Gasteiger partial charge in [-0.2, -0.15) is 0 Å². The third-order valence-electron chi connectivity index (χ3n) is 4.22. The number of carbonyl (C=O) groups excluding carboxylic acids is 1. The van der Waals surface area contributed by atoms with Crippen LogP contribution in [0.1, 0.15) is 47.5 Å². The van der Waals surface area contributed by atoms with Gasteiger partial charge >= 0.3 is 0 Å². The van der Waals surface area contributed by atoms with Gasteiger partial charge < -0.3 is 10.2 Å². The minimum absolute atomic E-state index is 0.0299. The van der Waals surface area contributed by atoms with Crippen molar-refractivity contribution in [2.75, 3.05) is 25.0 Å². The number of hydrogen-bond donors (Lipinski definition) is 1. The molecule has 0 aliphatic rings. The van der Waals surface area contributed by atoms with E-state index < -0.39 is 0 Å². The zero-order chi connectivity index (χ0) is 20.2. The van der Waals surface area contributed by atoms with Crippen LogP contribution in [0.5, 0.6) is 0 Å². The van der Waals surface area contributed by atoms with Crippen molar-refractivity contribution in [3.05, 3.63) is 53.5 Å². The molecular formula is C22H32FN3O. The molecule has 5 heteroatoms. The standard InChI is InChI=1S/C22H32FN3O/c1-6-9-21(17(4)18(5)27)25-22(8-3)26(15-7-2)16-14-24-20-12-10-19(23)11-13-20/h6,9-13,24H,7-8,14-16H2,1-5H3/b9-6-,21-17-,25-22?. The fraction of sp³-hybridized carbons (Fsp3) is 0.455. The lowest BCUT2D eigenvalue weighted by atomic mass is 10.1. The van der Waals surface area contributed by atoms with Gasteiger partial charge in [0.2, 0.25) is 0 Å². The van der Waals surface area contributed by atoms with Crippen molar-refractivity contribution < 1.29 is 9.18 Å². The summed E-state index contributed by atoms with van der Waals surface area (Å²) in [6, 6.07) is 6.36. The van der Waals surface area contributed by atoms with Gasteiger partial charge in [-0.1, -0.05) is 19.9 Å². The van der Waals surface area contributed by atoms with Crippen molar-refractivity contribution in [3.63, 3.8) is 0 Å². The number of carbonyl (C=O) groups is 1. The number of nitrogens with zero attached hydrogens (tertiary/aromatic N) is 2. The number of aliphatic imine (C=N–C) groups is 1. The van der Waals surface area contributed by atoms with E-state index >= 15 is 0 Å². The number of ketones is 1. The van der Waals surface area contributed by atoms with Gasteiger partial charge in [0.05, 0.1) is 5.70 Å². The number of Topliss-reactive ketones (excluding diaryl/α,β-unsaturated/α-hetero) is 1. The molecule has 0 saturated heterocycles. The average molecular weight is 374 g/mol. The van der Waals surface area contributed by atoms with Crippen LogP contribution in [-0.4, -0.2) is 36.2 Å². The fourth-order valence-electron chi connectivity index (χ4n) is 2.64. The molecule has 1 N–H and O–H groups in total. The van der Waals surface area contributed by atoms with Gasteiger partial charge in [-0.05, 0) is 57.5 Å². The van der Waals surface area contributed by atoms with E-state index in [0.717, 1.165) is 49.7 Å². The molecule has 4 nitrogen and oxygen atoms in total. The highest BCUT2D eigenvalue weighted by atomic mass is 19.1. The largest absolute Gasteiger partial charge is 0.383 e. The Kier molecular flexibility index (Phi) is 10.1. The Morgan fingerprint density at radius 2 is 1.85 bits per heavy atom. The van der Waals surface area contributed by atoms with Gasteiger partial charge in [-0.25, -0.2) is 9.38 Å². The predicted molar refractivity (Wildman–Crippen MR) is 113 cm³/mol. The Labute approximate surface area is 162 Å². The van der Waals surface area contributed by atoms with Crippen LogP contribution in [0, 0.1) is 5.82 Å². The molecule has 0 atom stereocenters. The maximum atomic E-state index is 13.0. The number of anilines is 1. The number of benzene rings is 1. The molecule has 1 aromatic carbocycles. The van der Waals surface area contributed by atoms with Crippen molar-refractivity contribution in [2.24, 2.45) is 4.99 Å². The molecule has 0 aliphatic carbocycles. The first-order chi connectivity index (χ1) is 12.9. The number of hydrogen-bond acceptors (Lipinski definition) is 3. The third-order valence-corrected chi connectivity index (χ3v) is 4.22. The number of amidine groups is 1. The molecular weight excluding hydrogens is 341 g/mol. The molecule has 0 aliphatic heterocycles. The van der Waals surface area contributed by atoms with Gasteiger partial charge in [-0.3, -0.25) is 4.79 Å². The van der Waals surface area contributed by atoms with E-state index in [0.29, 0.717) is 5.57 Å². The molecule has 0 amide bonds. The zero-order valence-electron chi connectivity index (χ0n) is 17.2. The molecule has 1 aromatic rings. The van der Waals surface area contributed by atoms with Crippen molar-refractivity contribution in [3.8, 4) is 0 Å². The first-order valence-electron chi connectivity index (χ1n) is 9.59. The second-order valence-corrected chi connectivity index (χ2v) is 6.37. The van der Waals surface area contributed by atoms with Crippen LogP contribution in [0.25, 0.3) is 0 Å². The van der Waals surface area contributed by atoms with E-state index in [9.17, 15) is 9.18 Å². The van der Waals surface area contributed by atoms with Crippen LogP contribution in [0.4, 0.5) is 10.1 Å².